The number of ether oxygens (including phenoxy) is 1. The third kappa shape index (κ3) is 6.42. The van der Waals surface area contributed by atoms with Gasteiger partial charge in [0.15, 0.2) is 5.75 Å². The molecular weight excluding hydrogens is 316 g/mol. The molecule has 2 N–H and O–H groups in total. The minimum absolute atomic E-state index is 0.128. The molecule has 1 aromatic rings. The molecule has 0 spiro atoms. The molecule has 0 aliphatic carbocycles. The zero-order valence-corrected chi connectivity index (χ0v) is 13.7. The molecule has 0 aliphatic heterocycles. The molecular formula is C15H20N4O5. The third-order valence-electron chi connectivity index (χ3n) is 2.83. The Labute approximate surface area is 139 Å². The average molecular weight is 336 g/mol. The van der Waals surface area contributed by atoms with Crippen molar-refractivity contribution >= 4 is 23.7 Å². The fourth-order valence-electron chi connectivity index (χ4n) is 1.67. The molecule has 0 bridgehead atoms. The fourth-order valence-corrected chi connectivity index (χ4v) is 1.67. The highest BCUT2D eigenvalue weighted by Crippen LogP contribution is 2.26. The number of rotatable bonds is 8. The van der Waals surface area contributed by atoms with Crippen LogP contribution < -0.4 is 15.5 Å². The van der Waals surface area contributed by atoms with E-state index in [9.17, 15) is 19.7 Å². The molecule has 9 nitrogen and oxygen atoms in total. The van der Waals surface area contributed by atoms with Crippen LogP contribution in [0.15, 0.2) is 23.3 Å². The number of nitro benzene ring substituents is 1. The topological polar surface area (TPSA) is 123 Å². The number of amides is 2. The molecule has 0 unspecified atom stereocenters. The van der Waals surface area contributed by atoms with Crippen molar-refractivity contribution in [3.8, 4) is 5.75 Å². The quantitative estimate of drug-likeness (QED) is 0.320. The fraction of sp³-hybridized carbons (Fsp3) is 0.400. The lowest BCUT2D eigenvalue weighted by Crippen LogP contribution is -2.32. The zero-order valence-electron chi connectivity index (χ0n) is 13.7. The molecule has 1 rings (SSSR count). The summed E-state index contributed by atoms with van der Waals surface area (Å²) in [5.74, 6) is -0.545. The summed E-state index contributed by atoms with van der Waals surface area (Å²) in [6, 6.07) is 4.25. The van der Waals surface area contributed by atoms with Crippen LogP contribution >= 0.6 is 0 Å². The number of hydrogen-bond donors (Lipinski definition) is 2. The smallest absolute Gasteiger partial charge is 0.311 e. The summed E-state index contributed by atoms with van der Waals surface area (Å²) >= 11 is 0. The second-order valence-electron chi connectivity index (χ2n) is 5.36. The van der Waals surface area contributed by atoms with Gasteiger partial charge in [-0.25, -0.2) is 5.43 Å². The largest absolute Gasteiger partial charge is 0.490 e. The van der Waals surface area contributed by atoms with E-state index in [-0.39, 0.29) is 17.9 Å². The van der Waals surface area contributed by atoms with Gasteiger partial charge in [0.2, 0.25) is 11.8 Å². The molecule has 24 heavy (non-hydrogen) atoms. The van der Waals surface area contributed by atoms with Gasteiger partial charge in [-0.15, -0.1) is 0 Å². The van der Waals surface area contributed by atoms with Gasteiger partial charge < -0.3 is 10.1 Å². The molecule has 0 saturated carbocycles. The molecule has 2 amide bonds. The Hall–Kier alpha value is -2.97. The van der Waals surface area contributed by atoms with Gasteiger partial charge in [0, 0.05) is 18.2 Å². The minimum atomic E-state index is -0.576. The lowest BCUT2D eigenvalue weighted by molar-refractivity contribution is -0.385. The van der Waals surface area contributed by atoms with Crippen LogP contribution in [0.4, 0.5) is 5.69 Å². The summed E-state index contributed by atoms with van der Waals surface area (Å²) in [7, 11) is 1.33. The minimum Gasteiger partial charge on any atom is -0.490 e. The molecule has 0 saturated heterocycles. The first-order valence-corrected chi connectivity index (χ1v) is 7.24. The summed E-state index contributed by atoms with van der Waals surface area (Å²) in [6.07, 6.45) is 0.906. The standard InChI is InChI=1S/C15H20N4O5/c1-10(2)8-16-14(20)7-15(21)18-17-9-11-4-5-13(24-3)12(6-11)19(22)23/h4-6,9-10H,7-8H2,1-3H3,(H,16,20)(H,18,21). The van der Waals surface area contributed by atoms with Crippen molar-refractivity contribution in [1.29, 1.82) is 0 Å². The highest BCUT2D eigenvalue weighted by Gasteiger charge is 2.14. The number of hydrazone groups is 1. The molecule has 0 radical (unpaired) electrons. The van der Waals surface area contributed by atoms with Gasteiger partial charge in [-0.05, 0) is 18.1 Å². The van der Waals surface area contributed by atoms with Crippen LogP contribution in [0, 0.1) is 16.0 Å². The SMILES string of the molecule is COc1ccc(C=NNC(=O)CC(=O)NCC(C)C)cc1[N+](=O)[O-]. The van der Waals surface area contributed by atoms with E-state index < -0.39 is 16.7 Å². The highest BCUT2D eigenvalue weighted by molar-refractivity contribution is 5.97. The molecule has 1 aromatic carbocycles. The van der Waals surface area contributed by atoms with E-state index in [1.807, 2.05) is 13.8 Å². The van der Waals surface area contributed by atoms with E-state index in [0.29, 0.717) is 18.0 Å². The number of benzene rings is 1. The van der Waals surface area contributed by atoms with Gasteiger partial charge in [-0.2, -0.15) is 5.10 Å². The van der Waals surface area contributed by atoms with E-state index in [4.69, 9.17) is 4.74 Å². The van der Waals surface area contributed by atoms with Crippen LogP contribution in [0.2, 0.25) is 0 Å². The molecule has 0 atom stereocenters. The first-order valence-electron chi connectivity index (χ1n) is 7.24. The summed E-state index contributed by atoms with van der Waals surface area (Å²) in [5, 5.41) is 17.2. The Bertz CT molecular complexity index is 643. The maximum Gasteiger partial charge on any atom is 0.311 e. The average Bonchev–Trinajstić information content (AvgIpc) is 2.52. The zero-order chi connectivity index (χ0) is 18.1. The number of carbonyl (C=O) groups is 2. The second-order valence-corrected chi connectivity index (χ2v) is 5.36. The highest BCUT2D eigenvalue weighted by atomic mass is 16.6. The predicted molar refractivity (Wildman–Crippen MR) is 87.8 cm³/mol. The maximum absolute atomic E-state index is 11.6. The summed E-state index contributed by atoms with van der Waals surface area (Å²) < 4.78 is 4.89. The molecule has 0 aromatic heterocycles. The molecule has 0 heterocycles. The maximum atomic E-state index is 11.6. The van der Waals surface area contributed by atoms with Gasteiger partial charge in [0.05, 0.1) is 18.2 Å². The van der Waals surface area contributed by atoms with E-state index in [1.165, 1.54) is 25.5 Å². The number of nitrogens with one attached hydrogen (secondary N) is 2. The van der Waals surface area contributed by atoms with Crippen molar-refractivity contribution in [2.24, 2.45) is 11.0 Å². The first kappa shape index (κ1) is 19.1. The van der Waals surface area contributed by atoms with Crippen LogP contribution in [-0.4, -0.2) is 36.6 Å². The summed E-state index contributed by atoms with van der Waals surface area (Å²) in [5.41, 5.74) is 2.40. The summed E-state index contributed by atoms with van der Waals surface area (Å²) in [4.78, 5) is 33.4. The first-order chi connectivity index (χ1) is 11.3. The van der Waals surface area contributed by atoms with Gasteiger partial charge in [-0.1, -0.05) is 13.8 Å². The normalized spacial score (nSPS) is 10.7. The Balaban J connectivity index is 2.58. The molecule has 0 aliphatic rings. The van der Waals surface area contributed by atoms with E-state index >= 15 is 0 Å². The lowest BCUT2D eigenvalue weighted by Gasteiger charge is -2.06. The summed E-state index contributed by atoms with van der Waals surface area (Å²) in [6.45, 7) is 4.38. The number of carbonyl (C=O) groups excluding carboxylic acids is 2. The van der Waals surface area contributed by atoms with Gasteiger partial charge in [0.25, 0.3) is 0 Å². The monoisotopic (exact) mass is 336 g/mol. The van der Waals surface area contributed by atoms with Crippen molar-refractivity contribution in [3.63, 3.8) is 0 Å². The Morgan fingerprint density at radius 3 is 2.67 bits per heavy atom. The third-order valence-corrected chi connectivity index (χ3v) is 2.83. The van der Waals surface area contributed by atoms with Crippen LogP contribution in [0.3, 0.4) is 0 Å². The molecule has 130 valence electrons. The van der Waals surface area contributed by atoms with Crippen molar-refractivity contribution in [2.45, 2.75) is 20.3 Å². The van der Waals surface area contributed by atoms with Crippen molar-refractivity contribution in [1.82, 2.24) is 10.7 Å². The van der Waals surface area contributed by atoms with Crippen molar-refractivity contribution in [2.75, 3.05) is 13.7 Å². The number of nitrogens with zero attached hydrogens (tertiary/aromatic N) is 2. The number of nitro groups is 1. The van der Waals surface area contributed by atoms with Gasteiger partial charge >= 0.3 is 5.69 Å². The Morgan fingerprint density at radius 1 is 1.38 bits per heavy atom. The van der Waals surface area contributed by atoms with E-state index in [1.54, 1.807) is 6.07 Å². The molecule has 9 heteroatoms. The predicted octanol–water partition coefficient (Wildman–Crippen LogP) is 1.22. The van der Waals surface area contributed by atoms with Gasteiger partial charge in [-0.3, -0.25) is 19.7 Å². The van der Waals surface area contributed by atoms with Crippen molar-refractivity contribution in [3.05, 3.63) is 33.9 Å². The molecule has 0 fully saturated rings. The lowest BCUT2D eigenvalue weighted by atomic mass is 10.2. The Morgan fingerprint density at radius 2 is 2.08 bits per heavy atom. The van der Waals surface area contributed by atoms with Crippen LogP contribution in [0.1, 0.15) is 25.8 Å². The Kier molecular flexibility index (Phi) is 7.34. The second kappa shape index (κ2) is 9.23. The van der Waals surface area contributed by atoms with Crippen molar-refractivity contribution < 1.29 is 19.2 Å². The van der Waals surface area contributed by atoms with E-state index in [2.05, 4.69) is 15.8 Å². The van der Waals surface area contributed by atoms with Crippen LogP contribution in [0.5, 0.6) is 5.75 Å². The van der Waals surface area contributed by atoms with E-state index in [0.717, 1.165) is 0 Å². The number of methoxy groups -OCH3 is 1. The van der Waals surface area contributed by atoms with Gasteiger partial charge in [0.1, 0.15) is 6.42 Å². The number of hydrogen-bond acceptors (Lipinski definition) is 6. The van der Waals surface area contributed by atoms with Crippen LogP contribution in [-0.2, 0) is 9.59 Å². The van der Waals surface area contributed by atoms with Crippen LogP contribution in [0.25, 0.3) is 0 Å².